The van der Waals surface area contributed by atoms with Crippen LogP contribution in [-0.4, -0.2) is 31.8 Å². The van der Waals surface area contributed by atoms with Gasteiger partial charge in [-0.3, -0.25) is 14.6 Å². The van der Waals surface area contributed by atoms with Gasteiger partial charge >= 0.3 is 0 Å². The molecule has 0 aliphatic carbocycles. The van der Waals surface area contributed by atoms with Crippen LogP contribution in [-0.2, 0) is 0 Å². The highest BCUT2D eigenvalue weighted by atomic mass is 32.1. The zero-order chi connectivity index (χ0) is 25.1. The van der Waals surface area contributed by atoms with Gasteiger partial charge in [0.05, 0.1) is 16.7 Å². The summed E-state index contributed by atoms with van der Waals surface area (Å²) in [6.45, 7) is 3.89. The first-order valence-corrected chi connectivity index (χ1v) is 12.2. The van der Waals surface area contributed by atoms with E-state index in [9.17, 15) is 9.59 Å². The van der Waals surface area contributed by atoms with Crippen molar-refractivity contribution in [1.29, 1.82) is 0 Å². The van der Waals surface area contributed by atoms with Gasteiger partial charge in [-0.05, 0) is 49.6 Å². The molecule has 5 rings (SSSR count). The molecule has 36 heavy (non-hydrogen) atoms. The van der Waals surface area contributed by atoms with E-state index < -0.39 is 0 Å². The smallest absolute Gasteiger partial charge is 0.256 e. The van der Waals surface area contributed by atoms with Crippen LogP contribution in [0.2, 0.25) is 0 Å². The predicted octanol–water partition coefficient (Wildman–Crippen LogP) is 5.39. The van der Waals surface area contributed by atoms with Gasteiger partial charge in [-0.25, -0.2) is 4.98 Å². The van der Waals surface area contributed by atoms with E-state index in [4.69, 9.17) is 4.74 Å². The second kappa shape index (κ2) is 10.0. The molecule has 9 heteroatoms. The first-order valence-electron chi connectivity index (χ1n) is 11.4. The Morgan fingerprint density at radius 3 is 2.47 bits per heavy atom. The molecule has 0 aliphatic rings. The second-order valence-electron chi connectivity index (χ2n) is 8.27. The number of carbonyl (C=O) groups is 1. The largest absolute Gasteiger partial charge is 0.491 e. The number of thiophene rings is 1. The van der Waals surface area contributed by atoms with Crippen LogP contribution in [0.25, 0.3) is 27.8 Å². The fourth-order valence-electron chi connectivity index (χ4n) is 3.62. The summed E-state index contributed by atoms with van der Waals surface area (Å²) in [6.07, 6.45) is 0.0380. The highest BCUT2D eigenvalue weighted by Gasteiger charge is 2.18. The molecule has 0 spiro atoms. The highest BCUT2D eigenvalue weighted by Crippen LogP contribution is 2.28. The third kappa shape index (κ3) is 5.11. The van der Waals surface area contributed by atoms with Crippen LogP contribution in [0.3, 0.4) is 0 Å². The van der Waals surface area contributed by atoms with Crippen molar-refractivity contribution >= 4 is 23.1 Å². The van der Waals surface area contributed by atoms with Gasteiger partial charge in [-0.15, -0.1) is 11.3 Å². The summed E-state index contributed by atoms with van der Waals surface area (Å²) in [4.78, 5) is 33.9. The van der Waals surface area contributed by atoms with Crippen molar-refractivity contribution in [1.82, 2.24) is 19.7 Å². The number of carbonyl (C=O) groups excluding carboxylic acids is 1. The number of H-pyrrole nitrogens is 1. The van der Waals surface area contributed by atoms with Gasteiger partial charge in [-0.1, -0.05) is 36.4 Å². The van der Waals surface area contributed by atoms with Crippen molar-refractivity contribution in [3.05, 3.63) is 100 Å². The number of hydrogen-bond donors (Lipinski definition) is 2. The number of nitrogens with zero attached hydrogens (tertiary/aromatic N) is 3. The number of hydrogen-bond acceptors (Lipinski definition) is 6. The quantitative estimate of drug-likeness (QED) is 0.314. The van der Waals surface area contributed by atoms with E-state index in [0.29, 0.717) is 28.5 Å². The Hall–Kier alpha value is -4.50. The summed E-state index contributed by atoms with van der Waals surface area (Å²) in [5, 5.41) is 9.51. The van der Waals surface area contributed by atoms with Crippen molar-refractivity contribution < 1.29 is 9.53 Å². The Kier molecular flexibility index (Phi) is 6.46. The molecule has 8 nitrogen and oxygen atoms in total. The molecule has 0 fully saturated rings. The Morgan fingerprint density at radius 1 is 1.00 bits per heavy atom. The molecular weight excluding hydrogens is 474 g/mol. The molecule has 3 aromatic heterocycles. The van der Waals surface area contributed by atoms with Gasteiger partial charge in [0.1, 0.15) is 17.3 Å². The summed E-state index contributed by atoms with van der Waals surface area (Å²) < 4.78 is 7.10. The topological polar surface area (TPSA) is 102 Å². The molecule has 0 radical (unpaired) electrons. The lowest BCUT2D eigenvalue weighted by Crippen LogP contribution is -2.18. The summed E-state index contributed by atoms with van der Waals surface area (Å²) in [7, 11) is 0. The first kappa shape index (κ1) is 23.3. The van der Waals surface area contributed by atoms with Gasteiger partial charge in [0.25, 0.3) is 11.5 Å². The van der Waals surface area contributed by atoms with Gasteiger partial charge in [0.2, 0.25) is 5.95 Å². The van der Waals surface area contributed by atoms with Gasteiger partial charge in [0, 0.05) is 23.3 Å². The van der Waals surface area contributed by atoms with Crippen LogP contribution in [0, 0.1) is 0 Å². The third-order valence-corrected chi connectivity index (χ3v) is 6.10. The van der Waals surface area contributed by atoms with Gasteiger partial charge in [0.15, 0.2) is 0 Å². The van der Waals surface area contributed by atoms with E-state index in [1.807, 2.05) is 61.7 Å². The maximum atomic E-state index is 13.1. The van der Waals surface area contributed by atoms with Crippen molar-refractivity contribution in [3.8, 4) is 33.5 Å². The van der Waals surface area contributed by atoms with E-state index in [2.05, 4.69) is 20.4 Å². The van der Waals surface area contributed by atoms with E-state index in [1.165, 1.54) is 22.1 Å². The summed E-state index contributed by atoms with van der Waals surface area (Å²) in [6, 6.07) is 23.4. The van der Waals surface area contributed by atoms with Gasteiger partial charge in [-0.2, -0.15) is 9.78 Å². The zero-order valence-corrected chi connectivity index (χ0v) is 20.5. The van der Waals surface area contributed by atoms with Crippen LogP contribution in [0.15, 0.2) is 89.0 Å². The lowest BCUT2D eigenvalue weighted by Gasteiger charge is -2.11. The van der Waals surface area contributed by atoms with E-state index in [1.54, 1.807) is 30.3 Å². The Balaban J connectivity index is 1.52. The standard InChI is InChI=1S/C27H23N5O3S/c1-17(2)35-20-12-10-19(11-13-20)26(34)29-24-15-22(23-9-6-14-36-23)31-32(24)27-28-21(16-25(33)30-27)18-7-4-3-5-8-18/h3-17H,1-2H3,(H,29,34)(H,28,30,33). The number of benzene rings is 2. The maximum absolute atomic E-state index is 13.1. The predicted molar refractivity (Wildman–Crippen MR) is 141 cm³/mol. The Morgan fingerprint density at radius 2 is 1.78 bits per heavy atom. The Labute approximate surface area is 211 Å². The van der Waals surface area contributed by atoms with Gasteiger partial charge < -0.3 is 10.1 Å². The number of ether oxygens (including phenoxy) is 1. The lowest BCUT2D eigenvalue weighted by molar-refractivity contribution is 0.102. The monoisotopic (exact) mass is 497 g/mol. The molecule has 0 aliphatic heterocycles. The molecule has 2 N–H and O–H groups in total. The number of anilines is 1. The molecule has 0 bridgehead atoms. The van der Waals surface area contributed by atoms with Crippen LogP contribution >= 0.6 is 11.3 Å². The SMILES string of the molecule is CC(C)Oc1ccc(C(=O)Nc2cc(-c3cccs3)nn2-c2nc(-c3ccccc3)cc(=O)[nH]2)cc1. The first-order chi connectivity index (χ1) is 17.5. The molecule has 1 amide bonds. The van der Waals surface area contributed by atoms with Crippen LogP contribution in [0.5, 0.6) is 5.75 Å². The summed E-state index contributed by atoms with van der Waals surface area (Å²) in [5.41, 5.74) is 2.07. The maximum Gasteiger partial charge on any atom is 0.256 e. The molecule has 0 atom stereocenters. The van der Waals surface area contributed by atoms with Crippen molar-refractivity contribution in [2.45, 2.75) is 20.0 Å². The third-order valence-electron chi connectivity index (χ3n) is 5.21. The average molecular weight is 498 g/mol. The van der Waals surface area contributed by atoms with Crippen molar-refractivity contribution in [3.63, 3.8) is 0 Å². The fraction of sp³-hybridized carbons (Fsp3) is 0.111. The molecule has 0 saturated heterocycles. The zero-order valence-electron chi connectivity index (χ0n) is 19.6. The van der Waals surface area contributed by atoms with Crippen molar-refractivity contribution in [2.75, 3.05) is 5.32 Å². The molecule has 0 saturated carbocycles. The van der Waals surface area contributed by atoms with E-state index in [0.717, 1.165) is 10.4 Å². The summed E-state index contributed by atoms with van der Waals surface area (Å²) in [5.74, 6) is 0.928. The molecule has 180 valence electrons. The number of aromatic nitrogens is 4. The molecular formula is C27H23N5O3S. The minimum absolute atomic E-state index is 0.0380. The molecule has 3 heterocycles. The van der Waals surface area contributed by atoms with Crippen molar-refractivity contribution in [2.24, 2.45) is 0 Å². The Bertz CT molecular complexity index is 1540. The molecule has 0 unspecified atom stereocenters. The van der Waals surface area contributed by atoms with Crippen LogP contribution in [0.4, 0.5) is 5.82 Å². The average Bonchev–Trinajstić information content (AvgIpc) is 3.55. The molecule has 2 aromatic carbocycles. The number of nitrogens with one attached hydrogen (secondary N) is 2. The van der Waals surface area contributed by atoms with Crippen LogP contribution < -0.4 is 15.6 Å². The number of rotatable bonds is 7. The van der Waals surface area contributed by atoms with E-state index in [-0.39, 0.29) is 23.5 Å². The summed E-state index contributed by atoms with van der Waals surface area (Å²) >= 11 is 1.52. The number of aromatic amines is 1. The highest BCUT2D eigenvalue weighted by molar-refractivity contribution is 7.13. The fourth-order valence-corrected chi connectivity index (χ4v) is 4.31. The van der Waals surface area contributed by atoms with E-state index >= 15 is 0 Å². The second-order valence-corrected chi connectivity index (χ2v) is 9.22. The minimum Gasteiger partial charge on any atom is -0.491 e. The molecule has 5 aromatic rings. The lowest BCUT2D eigenvalue weighted by atomic mass is 10.1. The minimum atomic E-state index is -0.329. The van der Waals surface area contributed by atoms with Crippen LogP contribution in [0.1, 0.15) is 24.2 Å². The number of amides is 1. The normalized spacial score (nSPS) is 11.0.